The van der Waals surface area contributed by atoms with E-state index in [4.69, 9.17) is 0 Å². The summed E-state index contributed by atoms with van der Waals surface area (Å²) in [6.07, 6.45) is 6.02. The third kappa shape index (κ3) is 2.57. The first kappa shape index (κ1) is 13.3. The largest absolute Gasteiger partial charge is 0.302 e. The maximum Gasteiger partial charge on any atom is 0.226 e. The number of nitrogens with one attached hydrogen (secondary N) is 1. The Bertz CT molecular complexity index is 693. The van der Waals surface area contributed by atoms with Crippen LogP contribution in [0.15, 0.2) is 18.2 Å². The molecule has 0 aliphatic heterocycles. The predicted octanol–water partition coefficient (Wildman–Crippen LogP) is 4.37. The maximum atomic E-state index is 12.2. The highest BCUT2D eigenvalue weighted by molar-refractivity contribution is 7.22. The van der Waals surface area contributed by atoms with E-state index in [9.17, 15) is 4.79 Å². The average molecular weight is 300 g/mol. The van der Waals surface area contributed by atoms with E-state index in [-0.39, 0.29) is 5.91 Å². The van der Waals surface area contributed by atoms with Gasteiger partial charge in [-0.05, 0) is 61.6 Å². The van der Waals surface area contributed by atoms with E-state index in [1.165, 1.54) is 31.2 Å². The van der Waals surface area contributed by atoms with E-state index >= 15 is 0 Å². The van der Waals surface area contributed by atoms with Gasteiger partial charge in [0.05, 0.1) is 10.2 Å². The molecule has 0 unspecified atom stereocenters. The summed E-state index contributed by atoms with van der Waals surface area (Å²) in [4.78, 5) is 16.7. The van der Waals surface area contributed by atoms with Crippen LogP contribution in [-0.4, -0.2) is 10.9 Å². The molecule has 110 valence electrons. The lowest BCUT2D eigenvalue weighted by Crippen LogP contribution is -2.20. The Labute approximate surface area is 128 Å². The first-order chi connectivity index (χ1) is 10.2. The Morgan fingerprint density at radius 2 is 2.29 bits per heavy atom. The Kier molecular flexibility index (Phi) is 3.21. The number of amides is 1. The monoisotopic (exact) mass is 300 g/mol. The number of rotatable bonds is 3. The molecular weight excluding hydrogens is 280 g/mol. The number of hydrogen-bond donors (Lipinski definition) is 1. The molecule has 1 amide bonds. The minimum absolute atomic E-state index is 0.142. The van der Waals surface area contributed by atoms with Gasteiger partial charge in [-0.25, -0.2) is 4.98 Å². The van der Waals surface area contributed by atoms with Gasteiger partial charge in [0.1, 0.15) is 0 Å². The van der Waals surface area contributed by atoms with Crippen molar-refractivity contribution in [1.82, 2.24) is 4.98 Å². The number of nitrogens with zero attached hydrogens (tertiary/aromatic N) is 1. The summed E-state index contributed by atoms with van der Waals surface area (Å²) in [5.41, 5.74) is 2.20. The summed E-state index contributed by atoms with van der Waals surface area (Å²) in [5.74, 6) is 2.46. The molecule has 2 aromatic rings. The molecule has 2 aliphatic rings. The lowest BCUT2D eigenvalue weighted by atomic mass is 9.86. The second-order valence-corrected chi connectivity index (χ2v) is 7.71. The fourth-order valence-electron chi connectivity index (χ4n) is 4.12. The summed E-state index contributed by atoms with van der Waals surface area (Å²) >= 11 is 1.57. The Morgan fingerprint density at radius 3 is 3.05 bits per heavy atom. The highest BCUT2D eigenvalue weighted by atomic mass is 32.1. The topological polar surface area (TPSA) is 42.0 Å². The Balaban J connectivity index is 1.43. The maximum absolute atomic E-state index is 12.2. The van der Waals surface area contributed by atoms with Gasteiger partial charge in [0.2, 0.25) is 5.91 Å². The SMILES string of the molecule is Cc1ccc2nc(NC(=O)C[C@H]3C[C@@H]4CC[C@@H]3C4)sc2c1. The Morgan fingerprint density at radius 1 is 1.38 bits per heavy atom. The number of anilines is 1. The minimum atomic E-state index is 0.142. The fourth-order valence-corrected chi connectivity index (χ4v) is 5.10. The molecule has 2 bridgehead atoms. The van der Waals surface area contributed by atoms with Crippen molar-refractivity contribution in [3.63, 3.8) is 0 Å². The summed E-state index contributed by atoms with van der Waals surface area (Å²) in [6, 6.07) is 6.20. The molecule has 3 nitrogen and oxygen atoms in total. The second-order valence-electron chi connectivity index (χ2n) is 6.68. The smallest absolute Gasteiger partial charge is 0.226 e. The predicted molar refractivity (Wildman–Crippen MR) is 86.5 cm³/mol. The van der Waals surface area contributed by atoms with Crippen molar-refractivity contribution in [2.75, 3.05) is 5.32 Å². The summed E-state index contributed by atoms with van der Waals surface area (Å²) in [7, 11) is 0. The van der Waals surface area contributed by atoms with E-state index in [1.807, 2.05) is 6.07 Å². The number of thiazole rings is 1. The van der Waals surface area contributed by atoms with Crippen molar-refractivity contribution >= 4 is 32.6 Å². The molecule has 1 N–H and O–H groups in total. The molecule has 4 heteroatoms. The molecule has 21 heavy (non-hydrogen) atoms. The number of aryl methyl sites for hydroxylation is 1. The van der Waals surface area contributed by atoms with Gasteiger partial charge in [-0.15, -0.1) is 0 Å². The molecule has 0 radical (unpaired) electrons. The second kappa shape index (κ2) is 5.09. The number of hydrogen-bond acceptors (Lipinski definition) is 3. The van der Waals surface area contributed by atoms with Crippen LogP contribution in [0.3, 0.4) is 0 Å². The number of fused-ring (bicyclic) bond motifs is 3. The summed E-state index contributed by atoms with van der Waals surface area (Å²) < 4.78 is 1.14. The van der Waals surface area contributed by atoms with Crippen LogP contribution in [0.4, 0.5) is 5.13 Å². The van der Waals surface area contributed by atoms with Crippen molar-refractivity contribution in [3.05, 3.63) is 23.8 Å². The fraction of sp³-hybridized carbons (Fsp3) is 0.529. The quantitative estimate of drug-likeness (QED) is 0.914. The van der Waals surface area contributed by atoms with E-state index in [1.54, 1.807) is 11.3 Å². The van der Waals surface area contributed by atoms with Gasteiger partial charge >= 0.3 is 0 Å². The highest BCUT2D eigenvalue weighted by Crippen LogP contribution is 2.49. The van der Waals surface area contributed by atoms with Crippen LogP contribution in [0, 0.1) is 24.7 Å². The van der Waals surface area contributed by atoms with Crippen molar-refractivity contribution in [2.24, 2.45) is 17.8 Å². The van der Waals surface area contributed by atoms with Gasteiger partial charge < -0.3 is 5.32 Å². The normalized spacial score (nSPS) is 27.4. The third-order valence-corrected chi connectivity index (χ3v) is 6.06. The number of carbonyl (C=O) groups excluding carboxylic acids is 1. The van der Waals surface area contributed by atoms with Crippen LogP contribution in [0.2, 0.25) is 0 Å². The molecular formula is C17H20N2OS. The zero-order chi connectivity index (χ0) is 14.4. The molecule has 0 saturated heterocycles. The van der Waals surface area contributed by atoms with Crippen LogP contribution >= 0.6 is 11.3 Å². The zero-order valence-corrected chi connectivity index (χ0v) is 13.1. The van der Waals surface area contributed by atoms with E-state index < -0.39 is 0 Å². The van der Waals surface area contributed by atoms with E-state index in [0.717, 1.165) is 27.2 Å². The van der Waals surface area contributed by atoms with Crippen molar-refractivity contribution < 1.29 is 4.79 Å². The van der Waals surface area contributed by atoms with Gasteiger partial charge in [0.15, 0.2) is 5.13 Å². The van der Waals surface area contributed by atoms with Crippen LogP contribution in [-0.2, 0) is 4.79 Å². The van der Waals surface area contributed by atoms with Gasteiger partial charge in [0.25, 0.3) is 0 Å². The third-order valence-electron chi connectivity index (χ3n) is 5.12. The first-order valence-electron chi connectivity index (χ1n) is 7.84. The number of carbonyl (C=O) groups is 1. The van der Waals surface area contributed by atoms with Gasteiger partial charge in [-0.1, -0.05) is 23.8 Å². The molecule has 0 spiro atoms. The zero-order valence-electron chi connectivity index (χ0n) is 12.3. The molecule has 1 aromatic heterocycles. The van der Waals surface area contributed by atoms with Crippen LogP contribution in [0.25, 0.3) is 10.2 Å². The molecule has 1 heterocycles. The first-order valence-corrected chi connectivity index (χ1v) is 8.66. The molecule has 2 fully saturated rings. The summed E-state index contributed by atoms with van der Waals surface area (Å²) in [5, 5.41) is 3.75. The summed E-state index contributed by atoms with van der Waals surface area (Å²) in [6.45, 7) is 2.08. The van der Waals surface area contributed by atoms with Gasteiger partial charge in [-0.3, -0.25) is 4.79 Å². The molecule has 1 aromatic carbocycles. The van der Waals surface area contributed by atoms with Crippen molar-refractivity contribution in [2.45, 2.75) is 39.0 Å². The molecule has 3 atom stereocenters. The van der Waals surface area contributed by atoms with Crippen LogP contribution < -0.4 is 5.32 Å². The number of benzene rings is 1. The highest BCUT2D eigenvalue weighted by Gasteiger charge is 2.40. The van der Waals surface area contributed by atoms with Gasteiger partial charge in [0, 0.05) is 6.42 Å². The molecule has 4 rings (SSSR count). The van der Waals surface area contributed by atoms with Crippen LogP contribution in [0.1, 0.15) is 37.7 Å². The lowest BCUT2D eigenvalue weighted by Gasteiger charge is -2.20. The minimum Gasteiger partial charge on any atom is -0.302 e. The number of aromatic nitrogens is 1. The molecule has 2 aliphatic carbocycles. The molecule has 2 saturated carbocycles. The van der Waals surface area contributed by atoms with E-state index in [2.05, 4.69) is 29.4 Å². The standard InChI is InChI=1S/C17H20N2OS/c1-10-2-5-14-15(6-10)21-17(18-14)19-16(20)9-13-8-11-3-4-12(13)7-11/h2,5-6,11-13H,3-4,7-9H2,1H3,(H,18,19,20)/t11-,12-,13-/m1/s1. The van der Waals surface area contributed by atoms with Crippen LogP contribution in [0.5, 0.6) is 0 Å². The van der Waals surface area contributed by atoms with E-state index in [0.29, 0.717) is 12.3 Å². The average Bonchev–Trinajstić information content (AvgIpc) is 3.12. The van der Waals surface area contributed by atoms with Gasteiger partial charge in [-0.2, -0.15) is 0 Å². The Hall–Kier alpha value is -1.42. The van der Waals surface area contributed by atoms with Crippen molar-refractivity contribution in [3.8, 4) is 0 Å². The van der Waals surface area contributed by atoms with Crippen molar-refractivity contribution in [1.29, 1.82) is 0 Å². The lowest BCUT2D eigenvalue weighted by molar-refractivity contribution is -0.117.